The number of nitrogens with one attached hydrogen (secondary N) is 3. The molecule has 0 saturated carbocycles. The zero-order valence-corrected chi connectivity index (χ0v) is 15.5. The first-order valence-corrected chi connectivity index (χ1v) is 9.16. The van der Waals surface area contributed by atoms with E-state index in [4.69, 9.17) is 0 Å². The summed E-state index contributed by atoms with van der Waals surface area (Å²) in [7, 11) is 0. The van der Waals surface area contributed by atoms with Crippen molar-refractivity contribution in [2.24, 2.45) is 0 Å². The maximum Gasteiger partial charge on any atom is 0.315 e. The van der Waals surface area contributed by atoms with Crippen LogP contribution in [-0.2, 0) is 11.3 Å². The summed E-state index contributed by atoms with van der Waals surface area (Å²) >= 11 is 0. The zero-order valence-electron chi connectivity index (χ0n) is 15.5. The van der Waals surface area contributed by atoms with Crippen LogP contribution in [0.4, 0.5) is 14.9 Å². The topological polar surface area (TPSA) is 77.2 Å². The number of hydrogen-bond donors (Lipinski definition) is 3. The molecular weight excluding hydrogens is 359 g/mol. The highest BCUT2D eigenvalue weighted by Gasteiger charge is 2.31. The second kappa shape index (κ2) is 7.34. The molecular formula is C21H21FN4O2. The number of anilines is 1. The monoisotopic (exact) mass is 380 g/mol. The Morgan fingerprint density at radius 3 is 2.93 bits per heavy atom. The van der Waals surface area contributed by atoms with Crippen LogP contribution >= 0.6 is 0 Å². The van der Waals surface area contributed by atoms with E-state index in [0.29, 0.717) is 18.8 Å². The van der Waals surface area contributed by atoms with Gasteiger partial charge in [0.2, 0.25) is 5.91 Å². The van der Waals surface area contributed by atoms with E-state index >= 15 is 0 Å². The van der Waals surface area contributed by atoms with Gasteiger partial charge in [0, 0.05) is 36.4 Å². The maximum absolute atomic E-state index is 13.4. The zero-order chi connectivity index (χ0) is 19.7. The highest BCUT2D eigenvalue weighted by Crippen LogP contribution is 2.22. The van der Waals surface area contributed by atoms with Crippen molar-refractivity contribution in [3.63, 3.8) is 0 Å². The molecule has 1 saturated heterocycles. The number of carbonyl (C=O) groups is 2. The maximum atomic E-state index is 13.4. The molecule has 0 bridgehead atoms. The Labute approximate surface area is 161 Å². The van der Waals surface area contributed by atoms with Crippen LogP contribution in [0.15, 0.2) is 48.5 Å². The molecule has 2 heterocycles. The van der Waals surface area contributed by atoms with Crippen molar-refractivity contribution in [1.29, 1.82) is 0 Å². The smallest absolute Gasteiger partial charge is 0.315 e. The average Bonchev–Trinajstić information content (AvgIpc) is 3.20. The third kappa shape index (κ3) is 3.83. The van der Waals surface area contributed by atoms with E-state index in [1.54, 1.807) is 12.1 Å². The fourth-order valence-corrected chi connectivity index (χ4v) is 3.55. The predicted molar refractivity (Wildman–Crippen MR) is 106 cm³/mol. The molecule has 1 aromatic heterocycles. The second-order valence-corrected chi connectivity index (χ2v) is 7.09. The van der Waals surface area contributed by atoms with E-state index in [1.165, 1.54) is 17.0 Å². The molecule has 6 nitrogen and oxygen atoms in total. The molecule has 3 N–H and O–H groups in total. The summed E-state index contributed by atoms with van der Waals surface area (Å²) in [5.41, 5.74) is 3.65. The Kier molecular flexibility index (Phi) is 4.73. The van der Waals surface area contributed by atoms with E-state index < -0.39 is 5.82 Å². The Morgan fingerprint density at radius 1 is 1.25 bits per heavy atom. The van der Waals surface area contributed by atoms with E-state index in [-0.39, 0.29) is 24.4 Å². The Hall–Kier alpha value is -3.35. The lowest BCUT2D eigenvalue weighted by molar-refractivity contribution is -0.117. The molecule has 144 valence electrons. The van der Waals surface area contributed by atoms with Crippen molar-refractivity contribution in [3.05, 3.63) is 65.6 Å². The third-order valence-corrected chi connectivity index (χ3v) is 4.85. The molecule has 28 heavy (non-hydrogen) atoms. The molecule has 4 rings (SSSR count). The fraction of sp³-hybridized carbons (Fsp3) is 0.238. The number of aryl methyl sites for hydroxylation is 1. The summed E-state index contributed by atoms with van der Waals surface area (Å²) in [4.78, 5) is 29.2. The number of aromatic amines is 1. The summed E-state index contributed by atoms with van der Waals surface area (Å²) in [6.07, 6.45) is 0.193. The first-order chi connectivity index (χ1) is 13.5. The van der Waals surface area contributed by atoms with E-state index in [9.17, 15) is 14.0 Å². The van der Waals surface area contributed by atoms with E-state index in [2.05, 4.69) is 21.7 Å². The SMILES string of the molecule is Cc1cc2cc(CNC(=O)NC3CC(=O)N(c4cccc(F)c4)C3)ccc2[nH]1. The summed E-state index contributed by atoms with van der Waals surface area (Å²) in [5, 5.41) is 6.75. The molecule has 7 heteroatoms. The largest absolute Gasteiger partial charge is 0.359 e. The normalized spacial score (nSPS) is 16.6. The van der Waals surface area contributed by atoms with Gasteiger partial charge >= 0.3 is 6.03 Å². The average molecular weight is 380 g/mol. The van der Waals surface area contributed by atoms with Gasteiger partial charge in [0.15, 0.2) is 0 Å². The van der Waals surface area contributed by atoms with Gasteiger partial charge < -0.3 is 20.5 Å². The van der Waals surface area contributed by atoms with Crippen LogP contribution in [0.3, 0.4) is 0 Å². The number of urea groups is 1. The van der Waals surface area contributed by atoms with Crippen molar-refractivity contribution in [1.82, 2.24) is 15.6 Å². The molecule has 1 aliphatic heterocycles. The lowest BCUT2D eigenvalue weighted by Crippen LogP contribution is -2.43. The lowest BCUT2D eigenvalue weighted by atomic mass is 10.1. The van der Waals surface area contributed by atoms with E-state index in [1.807, 2.05) is 25.1 Å². The Morgan fingerprint density at radius 2 is 2.11 bits per heavy atom. The number of fused-ring (bicyclic) bond motifs is 1. The minimum absolute atomic E-state index is 0.135. The number of rotatable bonds is 4. The molecule has 3 amide bonds. The van der Waals surface area contributed by atoms with Gasteiger partial charge in [-0.25, -0.2) is 9.18 Å². The molecule has 0 radical (unpaired) electrons. The van der Waals surface area contributed by atoms with Gasteiger partial charge in [-0.2, -0.15) is 0 Å². The van der Waals surface area contributed by atoms with Gasteiger partial charge in [-0.1, -0.05) is 12.1 Å². The van der Waals surface area contributed by atoms with Crippen molar-refractivity contribution in [3.8, 4) is 0 Å². The van der Waals surface area contributed by atoms with Gasteiger partial charge in [0.1, 0.15) is 5.82 Å². The lowest BCUT2D eigenvalue weighted by Gasteiger charge is -2.17. The number of amides is 3. The van der Waals surface area contributed by atoms with Gasteiger partial charge in [-0.3, -0.25) is 4.79 Å². The number of aromatic nitrogens is 1. The number of H-pyrrole nitrogens is 1. The number of hydrogen-bond acceptors (Lipinski definition) is 2. The van der Waals surface area contributed by atoms with Crippen LogP contribution in [0.25, 0.3) is 10.9 Å². The Balaban J connectivity index is 1.32. The quantitative estimate of drug-likeness (QED) is 0.650. The van der Waals surface area contributed by atoms with Crippen molar-refractivity contribution in [2.75, 3.05) is 11.4 Å². The molecule has 2 aromatic carbocycles. The van der Waals surface area contributed by atoms with Crippen LogP contribution < -0.4 is 15.5 Å². The predicted octanol–water partition coefficient (Wildman–Crippen LogP) is 3.22. The van der Waals surface area contributed by atoms with Crippen LogP contribution in [0.1, 0.15) is 17.7 Å². The fourth-order valence-electron chi connectivity index (χ4n) is 3.55. The molecule has 0 spiro atoms. The van der Waals surface area contributed by atoms with Crippen LogP contribution in [0.2, 0.25) is 0 Å². The van der Waals surface area contributed by atoms with Gasteiger partial charge in [0.25, 0.3) is 0 Å². The van der Waals surface area contributed by atoms with Crippen molar-refractivity contribution >= 4 is 28.5 Å². The number of halogens is 1. The minimum atomic E-state index is -0.394. The van der Waals surface area contributed by atoms with E-state index in [0.717, 1.165) is 22.2 Å². The number of benzene rings is 2. The summed E-state index contributed by atoms with van der Waals surface area (Å²) < 4.78 is 13.4. The first kappa shape index (κ1) is 18.0. The molecule has 1 fully saturated rings. The molecule has 0 aliphatic carbocycles. The van der Waals surface area contributed by atoms with Crippen LogP contribution in [0.5, 0.6) is 0 Å². The van der Waals surface area contributed by atoms with Gasteiger partial charge in [0.05, 0.1) is 6.04 Å². The van der Waals surface area contributed by atoms with Crippen molar-refractivity contribution in [2.45, 2.75) is 25.9 Å². The summed E-state index contributed by atoms with van der Waals surface area (Å²) in [6, 6.07) is 13.3. The second-order valence-electron chi connectivity index (χ2n) is 7.09. The standard InChI is InChI=1S/C21H21FN4O2/c1-13-7-15-8-14(5-6-19(15)24-13)11-23-21(28)25-17-10-20(27)26(12-17)18-4-2-3-16(22)9-18/h2-9,17,24H,10-12H2,1H3,(H2,23,25,28). The van der Waals surface area contributed by atoms with Gasteiger partial charge in [-0.15, -0.1) is 0 Å². The van der Waals surface area contributed by atoms with Crippen LogP contribution in [0, 0.1) is 12.7 Å². The van der Waals surface area contributed by atoms with Crippen molar-refractivity contribution < 1.29 is 14.0 Å². The summed E-state index contributed by atoms with van der Waals surface area (Å²) in [5.74, 6) is -0.529. The highest BCUT2D eigenvalue weighted by molar-refractivity contribution is 5.96. The first-order valence-electron chi connectivity index (χ1n) is 9.16. The minimum Gasteiger partial charge on any atom is -0.359 e. The van der Waals surface area contributed by atoms with Crippen LogP contribution in [-0.4, -0.2) is 29.5 Å². The highest BCUT2D eigenvalue weighted by atomic mass is 19.1. The summed E-state index contributed by atoms with van der Waals surface area (Å²) in [6.45, 7) is 2.71. The molecule has 3 aromatic rings. The molecule has 1 unspecified atom stereocenters. The third-order valence-electron chi connectivity index (χ3n) is 4.85. The number of nitrogens with zero attached hydrogens (tertiary/aromatic N) is 1. The molecule has 1 atom stereocenters. The van der Waals surface area contributed by atoms with Gasteiger partial charge in [-0.05, 0) is 54.3 Å². The molecule has 1 aliphatic rings. The number of carbonyl (C=O) groups excluding carboxylic acids is 2. The Bertz CT molecular complexity index is 1050.